The highest BCUT2D eigenvalue weighted by Crippen LogP contribution is 2.17. The standard InChI is InChI=1S/C17H19FN2O4S/c1-24-17(21)16(11-12-3-5-13(18)6-4-12)19-14-7-9-15(10-8-14)20-25(2,22)23/h3-10,16,19-20H,11H2,1-2H3. The first kappa shape index (κ1) is 18.7. The molecule has 0 amide bonds. The number of esters is 1. The minimum absolute atomic E-state index is 0.316. The molecule has 1 unspecified atom stereocenters. The molecule has 0 radical (unpaired) electrons. The molecule has 2 aromatic carbocycles. The largest absolute Gasteiger partial charge is 0.467 e. The zero-order valence-electron chi connectivity index (χ0n) is 13.8. The molecule has 2 N–H and O–H groups in total. The Bertz CT molecular complexity index is 821. The molecule has 0 saturated heterocycles. The number of hydrogen-bond donors (Lipinski definition) is 2. The summed E-state index contributed by atoms with van der Waals surface area (Å²) >= 11 is 0. The summed E-state index contributed by atoms with van der Waals surface area (Å²) in [6.07, 6.45) is 1.38. The van der Waals surface area contributed by atoms with Crippen molar-refractivity contribution in [1.29, 1.82) is 0 Å². The number of halogens is 1. The maximum atomic E-state index is 13.0. The van der Waals surface area contributed by atoms with Crippen molar-refractivity contribution in [3.63, 3.8) is 0 Å². The van der Waals surface area contributed by atoms with Gasteiger partial charge in [-0.3, -0.25) is 4.72 Å². The highest BCUT2D eigenvalue weighted by atomic mass is 32.2. The van der Waals surface area contributed by atoms with Crippen molar-refractivity contribution < 1.29 is 22.3 Å². The van der Waals surface area contributed by atoms with Gasteiger partial charge in [0.1, 0.15) is 11.9 Å². The second-order valence-corrected chi connectivity index (χ2v) is 7.25. The number of ether oxygens (including phenoxy) is 1. The van der Waals surface area contributed by atoms with Gasteiger partial charge in [0.05, 0.1) is 13.4 Å². The number of nitrogens with one attached hydrogen (secondary N) is 2. The van der Waals surface area contributed by atoms with Gasteiger partial charge in [-0.2, -0.15) is 0 Å². The first-order chi connectivity index (χ1) is 11.8. The third-order valence-corrected chi connectivity index (χ3v) is 3.97. The summed E-state index contributed by atoms with van der Waals surface area (Å²) in [6, 6.07) is 11.7. The van der Waals surface area contributed by atoms with E-state index < -0.39 is 22.0 Å². The van der Waals surface area contributed by atoms with Gasteiger partial charge in [0, 0.05) is 17.8 Å². The van der Waals surface area contributed by atoms with Crippen LogP contribution in [0.3, 0.4) is 0 Å². The number of benzene rings is 2. The zero-order chi connectivity index (χ0) is 18.4. The van der Waals surface area contributed by atoms with Crippen LogP contribution < -0.4 is 10.0 Å². The summed E-state index contributed by atoms with van der Waals surface area (Å²) < 4.78 is 42.6. The Morgan fingerprint density at radius 3 is 2.16 bits per heavy atom. The van der Waals surface area contributed by atoms with Crippen LogP contribution in [0.1, 0.15) is 5.56 Å². The molecule has 25 heavy (non-hydrogen) atoms. The highest BCUT2D eigenvalue weighted by Gasteiger charge is 2.19. The average molecular weight is 366 g/mol. The lowest BCUT2D eigenvalue weighted by atomic mass is 10.1. The van der Waals surface area contributed by atoms with E-state index in [0.29, 0.717) is 17.8 Å². The van der Waals surface area contributed by atoms with Gasteiger partial charge in [0.2, 0.25) is 10.0 Å². The smallest absolute Gasteiger partial charge is 0.328 e. The van der Waals surface area contributed by atoms with Crippen LogP contribution in [0.5, 0.6) is 0 Å². The molecular weight excluding hydrogens is 347 g/mol. The van der Waals surface area contributed by atoms with Crippen molar-refractivity contribution in [2.45, 2.75) is 12.5 Å². The van der Waals surface area contributed by atoms with Gasteiger partial charge < -0.3 is 10.1 Å². The van der Waals surface area contributed by atoms with E-state index in [1.807, 2.05) is 0 Å². The topological polar surface area (TPSA) is 84.5 Å². The van der Waals surface area contributed by atoms with E-state index in [9.17, 15) is 17.6 Å². The summed E-state index contributed by atoms with van der Waals surface area (Å²) in [7, 11) is -2.06. The molecule has 0 aliphatic heterocycles. The van der Waals surface area contributed by atoms with Gasteiger partial charge >= 0.3 is 5.97 Å². The molecule has 0 saturated carbocycles. The Labute approximate surface area is 146 Å². The quantitative estimate of drug-likeness (QED) is 0.735. The lowest BCUT2D eigenvalue weighted by Crippen LogP contribution is -2.32. The number of anilines is 2. The molecule has 6 nitrogen and oxygen atoms in total. The van der Waals surface area contributed by atoms with E-state index in [2.05, 4.69) is 10.0 Å². The molecule has 0 heterocycles. The third kappa shape index (κ3) is 6.07. The van der Waals surface area contributed by atoms with Gasteiger partial charge in [-0.15, -0.1) is 0 Å². The minimum Gasteiger partial charge on any atom is -0.467 e. The number of rotatable bonds is 7. The van der Waals surface area contributed by atoms with Crippen LogP contribution in [0.4, 0.5) is 15.8 Å². The molecule has 0 aliphatic rings. The molecule has 0 aromatic heterocycles. The highest BCUT2D eigenvalue weighted by molar-refractivity contribution is 7.92. The number of methoxy groups -OCH3 is 1. The average Bonchev–Trinajstić information content (AvgIpc) is 2.56. The van der Waals surface area contributed by atoms with Gasteiger partial charge in [0.25, 0.3) is 0 Å². The summed E-state index contributed by atoms with van der Waals surface area (Å²) in [5.74, 6) is -0.803. The molecule has 8 heteroatoms. The van der Waals surface area contributed by atoms with Crippen molar-refractivity contribution >= 4 is 27.4 Å². The Morgan fingerprint density at radius 1 is 1.08 bits per heavy atom. The first-order valence-corrected chi connectivity index (χ1v) is 9.32. The minimum atomic E-state index is -3.35. The van der Waals surface area contributed by atoms with E-state index >= 15 is 0 Å². The number of carbonyl (C=O) groups is 1. The summed E-state index contributed by atoms with van der Waals surface area (Å²) in [4.78, 5) is 12.0. The SMILES string of the molecule is COC(=O)C(Cc1ccc(F)cc1)Nc1ccc(NS(C)(=O)=O)cc1. The molecule has 0 fully saturated rings. The van der Waals surface area contributed by atoms with Crippen LogP contribution in [0.2, 0.25) is 0 Å². The molecule has 0 bridgehead atoms. The van der Waals surface area contributed by atoms with Crippen molar-refractivity contribution in [3.8, 4) is 0 Å². The molecule has 0 aliphatic carbocycles. The fraction of sp³-hybridized carbons (Fsp3) is 0.235. The zero-order valence-corrected chi connectivity index (χ0v) is 14.6. The van der Waals surface area contributed by atoms with Crippen LogP contribution in [-0.4, -0.2) is 33.8 Å². The molecule has 134 valence electrons. The second-order valence-electron chi connectivity index (χ2n) is 5.50. The number of sulfonamides is 1. The maximum absolute atomic E-state index is 13.0. The monoisotopic (exact) mass is 366 g/mol. The first-order valence-electron chi connectivity index (χ1n) is 7.43. The lowest BCUT2D eigenvalue weighted by molar-refractivity contribution is -0.141. The van der Waals surface area contributed by atoms with Crippen LogP contribution in [0.15, 0.2) is 48.5 Å². The van der Waals surface area contributed by atoms with Gasteiger partial charge in [-0.05, 0) is 42.0 Å². The van der Waals surface area contributed by atoms with Crippen LogP contribution in [0, 0.1) is 5.82 Å². The Morgan fingerprint density at radius 2 is 1.64 bits per heavy atom. The predicted molar refractivity (Wildman–Crippen MR) is 94.4 cm³/mol. The van der Waals surface area contributed by atoms with E-state index in [-0.39, 0.29) is 5.82 Å². The second kappa shape index (κ2) is 7.98. The van der Waals surface area contributed by atoms with Crippen LogP contribution in [-0.2, 0) is 26.0 Å². The Balaban J connectivity index is 2.11. The van der Waals surface area contributed by atoms with Crippen LogP contribution in [0.25, 0.3) is 0 Å². The van der Waals surface area contributed by atoms with Gasteiger partial charge in [-0.25, -0.2) is 17.6 Å². The fourth-order valence-electron chi connectivity index (χ4n) is 2.24. The Kier molecular flexibility index (Phi) is 5.97. The van der Waals surface area contributed by atoms with E-state index in [1.54, 1.807) is 36.4 Å². The summed E-state index contributed by atoms with van der Waals surface area (Å²) in [5.41, 5.74) is 1.82. The summed E-state index contributed by atoms with van der Waals surface area (Å²) in [5, 5.41) is 3.04. The van der Waals surface area contributed by atoms with Crippen molar-refractivity contribution in [2.75, 3.05) is 23.4 Å². The molecular formula is C17H19FN2O4S. The molecule has 1 atom stereocenters. The number of carbonyl (C=O) groups excluding carboxylic acids is 1. The molecule has 0 spiro atoms. The summed E-state index contributed by atoms with van der Waals surface area (Å²) in [6.45, 7) is 0. The van der Waals surface area contributed by atoms with Crippen LogP contribution >= 0.6 is 0 Å². The lowest BCUT2D eigenvalue weighted by Gasteiger charge is -2.18. The van der Waals surface area contributed by atoms with E-state index in [1.165, 1.54) is 19.2 Å². The maximum Gasteiger partial charge on any atom is 0.328 e. The fourth-order valence-corrected chi connectivity index (χ4v) is 2.81. The van der Waals surface area contributed by atoms with Crippen molar-refractivity contribution in [2.24, 2.45) is 0 Å². The molecule has 2 rings (SSSR count). The predicted octanol–water partition coefficient (Wildman–Crippen LogP) is 2.39. The third-order valence-electron chi connectivity index (χ3n) is 3.37. The number of hydrogen-bond acceptors (Lipinski definition) is 5. The van der Waals surface area contributed by atoms with Gasteiger partial charge in [-0.1, -0.05) is 12.1 Å². The van der Waals surface area contributed by atoms with E-state index in [4.69, 9.17) is 4.74 Å². The molecule has 2 aromatic rings. The van der Waals surface area contributed by atoms with E-state index in [0.717, 1.165) is 11.8 Å². The van der Waals surface area contributed by atoms with Crippen molar-refractivity contribution in [1.82, 2.24) is 0 Å². The van der Waals surface area contributed by atoms with Crippen molar-refractivity contribution in [3.05, 3.63) is 59.9 Å². The normalized spacial score (nSPS) is 12.3. The Hall–Kier alpha value is -2.61. The van der Waals surface area contributed by atoms with Gasteiger partial charge in [0.15, 0.2) is 0 Å².